The van der Waals surface area contributed by atoms with E-state index in [9.17, 15) is 13.2 Å². The number of rotatable bonds is 3. The Kier molecular flexibility index (Phi) is 10.9. The minimum Gasteiger partial charge on any atom is -0.423 e. The Morgan fingerprint density at radius 2 is 1.07 bits per heavy atom. The van der Waals surface area contributed by atoms with Crippen LogP contribution in [0.25, 0.3) is 0 Å². The van der Waals surface area contributed by atoms with Crippen molar-refractivity contribution in [2.24, 2.45) is 0 Å². The van der Waals surface area contributed by atoms with Gasteiger partial charge in [-0.2, -0.15) is 0 Å². The van der Waals surface area contributed by atoms with Crippen molar-refractivity contribution in [2.75, 3.05) is 0 Å². The SMILES string of the molecule is OB(O)c1ccc(F)cc1.OB(O)c1cccc(F)c1.OB(O)c1ccccc1F. The van der Waals surface area contributed by atoms with Crippen molar-refractivity contribution in [1.29, 1.82) is 0 Å². The van der Waals surface area contributed by atoms with Gasteiger partial charge in [-0.15, -0.1) is 0 Å². The summed E-state index contributed by atoms with van der Waals surface area (Å²) in [6, 6.07) is 15.7. The molecule has 6 nitrogen and oxygen atoms in total. The van der Waals surface area contributed by atoms with Crippen LogP contribution in [0, 0.1) is 17.5 Å². The maximum absolute atomic E-state index is 12.5. The van der Waals surface area contributed by atoms with E-state index in [1.165, 1.54) is 66.7 Å². The summed E-state index contributed by atoms with van der Waals surface area (Å²) in [4.78, 5) is 0. The van der Waals surface area contributed by atoms with Gasteiger partial charge in [0.2, 0.25) is 0 Å². The molecule has 0 saturated carbocycles. The molecule has 0 fully saturated rings. The third kappa shape index (κ3) is 9.27. The Bertz CT molecular complexity index is 898. The third-order valence-electron chi connectivity index (χ3n) is 3.50. The van der Waals surface area contributed by atoms with Crippen molar-refractivity contribution in [3.63, 3.8) is 0 Å². The van der Waals surface area contributed by atoms with Crippen molar-refractivity contribution in [1.82, 2.24) is 0 Å². The largest absolute Gasteiger partial charge is 0.491 e. The van der Waals surface area contributed by atoms with Crippen LogP contribution in [0.1, 0.15) is 0 Å². The first kappa shape index (κ1) is 25.4. The van der Waals surface area contributed by atoms with Crippen LogP contribution in [0.3, 0.4) is 0 Å². The lowest BCUT2D eigenvalue weighted by Gasteiger charge is -1.98. The molecule has 156 valence electrons. The fourth-order valence-corrected chi connectivity index (χ4v) is 1.99. The second-order valence-corrected chi connectivity index (χ2v) is 5.75. The van der Waals surface area contributed by atoms with E-state index < -0.39 is 33.0 Å². The molecule has 3 aromatic carbocycles. The molecule has 0 amide bonds. The van der Waals surface area contributed by atoms with Gasteiger partial charge in [0.05, 0.1) is 0 Å². The highest BCUT2D eigenvalue weighted by atomic mass is 19.1. The standard InChI is InChI=1S/3C6H6BFO2/c8-6-3-1-5(2-4-6)7(9)10;8-6-3-1-2-5(4-6)7(9)10;8-6-4-2-1-3-5(6)7(9)10/h3*1-4,9-10H. The van der Waals surface area contributed by atoms with Crippen LogP contribution >= 0.6 is 0 Å². The zero-order valence-corrected chi connectivity index (χ0v) is 15.5. The first-order valence-corrected chi connectivity index (χ1v) is 8.45. The van der Waals surface area contributed by atoms with Gasteiger partial charge < -0.3 is 30.1 Å². The smallest absolute Gasteiger partial charge is 0.423 e. The summed E-state index contributed by atoms with van der Waals surface area (Å²) in [5.41, 5.74) is 0.365. The van der Waals surface area contributed by atoms with E-state index in [0.29, 0.717) is 5.46 Å². The monoisotopic (exact) mass is 420 g/mol. The first-order valence-electron chi connectivity index (χ1n) is 8.45. The van der Waals surface area contributed by atoms with Crippen LogP contribution in [0.5, 0.6) is 0 Å². The molecule has 3 aromatic rings. The fraction of sp³-hybridized carbons (Fsp3) is 0. The molecule has 3 rings (SSSR count). The van der Waals surface area contributed by atoms with Crippen LogP contribution in [0.15, 0.2) is 72.8 Å². The zero-order chi connectivity index (χ0) is 22.7. The van der Waals surface area contributed by atoms with E-state index in [0.717, 1.165) is 6.07 Å². The molecule has 0 bridgehead atoms. The van der Waals surface area contributed by atoms with Gasteiger partial charge >= 0.3 is 21.4 Å². The van der Waals surface area contributed by atoms with Gasteiger partial charge in [0.25, 0.3) is 0 Å². The van der Waals surface area contributed by atoms with Crippen molar-refractivity contribution in [2.45, 2.75) is 0 Å². The normalized spacial score (nSPS) is 9.50. The minimum absolute atomic E-state index is 0.0949. The molecule has 0 unspecified atom stereocenters. The molecule has 0 atom stereocenters. The van der Waals surface area contributed by atoms with Crippen molar-refractivity contribution >= 4 is 37.7 Å². The molecular formula is C18H18B3F3O6. The Morgan fingerprint density at radius 3 is 1.47 bits per heavy atom. The molecule has 0 aliphatic rings. The van der Waals surface area contributed by atoms with Gasteiger partial charge in [-0.25, -0.2) is 13.2 Å². The highest BCUT2D eigenvalue weighted by Crippen LogP contribution is 1.93. The number of hydrogen-bond donors (Lipinski definition) is 6. The zero-order valence-electron chi connectivity index (χ0n) is 15.5. The number of benzene rings is 3. The highest BCUT2D eigenvalue weighted by Gasteiger charge is 2.14. The van der Waals surface area contributed by atoms with Gasteiger partial charge in [-0.05, 0) is 41.3 Å². The highest BCUT2D eigenvalue weighted by molar-refractivity contribution is 6.59. The summed E-state index contributed by atoms with van der Waals surface area (Å²) >= 11 is 0. The molecule has 0 aromatic heterocycles. The lowest BCUT2D eigenvalue weighted by Crippen LogP contribution is -2.32. The molecular weight excluding hydrogens is 402 g/mol. The van der Waals surface area contributed by atoms with E-state index in [2.05, 4.69) is 0 Å². The topological polar surface area (TPSA) is 121 Å². The van der Waals surface area contributed by atoms with Crippen LogP contribution in [0.2, 0.25) is 0 Å². The van der Waals surface area contributed by atoms with E-state index in [4.69, 9.17) is 30.1 Å². The molecule has 6 N–H and O–H groups in total. The Morgan fingerprint density at radius 1 is 0.500 bits per heavy atom. The maximum atomic E-state index is 12.5. The summed E-state index contributed by atoms with van der Waals surface area (Å²) in [7, 11) is -4.82. The van der Waals surface area contributed by atoms with Crippen LogP contribution in [-0.4, -0.2) is 51.5 Å². The maximum Gasteiger partial charge on any atom is 0.491 e. The Balaban J connectivity index is 0.000000225. The summed E-state index contributed by atoms with van der Waals surface area (Å²) < 4.78 is 37.0. The van der Waals surface area contributed by atoms with E-state index in [1.54, 1.807) is 0 Å². The molecule has 0 radical (unpaired) electrons. The summed E-state index contributed by atoms with van der Waals surface area (Å²) in [6.45, 7) is 0. The number of halogens is 3. The van der Waals surface area contributed by atoms with Gasteiger partial charge in [-0.3, -0.25) is 0 Å². The third-order valence-corrected chi connectivity index (χ3v) is 3.50. The molecule has 30 heavy (non-hydrogen) atoms. The van der Waals surface area contributed by atoms with Gasteiger partial charge in [0.1, 0.15) is 17.5 Å². The van der Waals surface area contributed by atoms with Gasteiger partial charge in [0.15, 0.2) is 0 Å². The average Bonchev–Trinajstić information content (AvgIpc) is 2.69. The molecule has 0 spiro atoms. The second kappa shape index (κ2) is 12.9. The minimum atomic E-state index is -1.72. The Hall–Kier alpha value is -2.60. The number of hydrogen-bond acceptors (Lipinski definition) is 6. The lowest BCUT2D eigenvalue weighted by molar-refractivity contribution is 0.422. The van der Waals surface area contributed by atoms with E-state index >= 15 is 0 Å². The van der Waals surface area contributed by atoms with Gasteiger partial charge in [0, 0.05) is 5.46 Å². The molecule has 0 heterocycles. The summed E-state index contributed by atoms with van der Waals surface area (Å²) in [5.74, 6) is -1.45. The first-order chi connectivity index (χ1) is 14.1. The quantitative estimate of drug-likeness (QED) is 0.288. The molecule has 0 aliphatic carbocycles. The fourth-order valence-electron chi connectivity index (χ4n) is 1.99. The van der Waals surface area contributed by atoms with E-state index in [1.807, 2.05) is 0 Å². The van der Waals surface area contributed by atoms with Crippen molar-refractivity contribution in [3.8, 4) is 0 Å². The lowest BCUT2D eigenvalue weighted by atomic mass is 9.80. The average molecular weight is 420 g/mol. The van der Waals surface area contributed by atoms with Crippen LogP contribution in [0.4, 0.5) is 13.2 Å². The molecule has 12 heteroatoms. The van der Waals surface area contributed by atoms with Crippen LogP contribution in [-0.2, 0) is 0 Å². The molecule has 0 aliphatic heterocycles. The second-order valence-electron chi connectivity index (χ2n) is 5.75. The van der Waals surface area contributed by atoms with E-state index in [-0.39, 0.29) is 16.7 Å². The predicted molar refractivity (Wildman–Crippen MR) is 109 cm³/mol. The summed E-state index contributed by atoms with van der Waals surface area (Å²) in [6.07, 6.45) is 0. The molecule has 0 saturated heterocycles. The van der Waals surface area contributed by atoms with Crippen molar-refractivity contribution < 1.29 is 43.3 Å². The predicted octanol–water partition coefficient (Wildman–Crippen LogP) is -1.48. The van der Waals surface area contributed by atoms with Crippen molar-refractivity contribution in [3.05, 3.63) is 90.2 Å². The van der Waals surface area contributed by atoms with Gasteiger partial charge in [-0.1, -0.05) is 42.5 Å². The Labute approximate surface area is 171 Å². The van der Waals surface area contributed by atoms with Crippen LogP contribution < -0.4 is 16.4 Å². The summed E-state index contributed by atoms with van der Waals surface area (Å²) in [5, 5.41) is 51.2.